The summed E-state index contributed by atoms with van der Waals surface area (Å²) in [7, 11) is 1.69. The Morgan fingerprint density at radius 2 is 2.35 bits per heavy atom. The van der Waals surface area contributed by atoms with Crippen molar-refractivity contribution in [3.63, 3.8) is 0 Å². The average Bonchev–Trinajstić information content (AvgIpc) is 2.99. The Bertz CT molecular complexity index is 606. The third-order valence-electron chi connectivity index (χ3n) is 3.39. The van der Waals surface area contributed by atoms with Gasteiger partial charge < -0.3 is 15.8 Å². The molecule has 0 saturated carbocycles. The highest BCUT2D eigenvalue weighted by Gasteiger charge is 2.23. The van der Waals surface area contributed by atoms with Crippen LogP contribution in [0.25, 0.3) is 0 Å². The van der Waals surface area contributed by atoms with Crippen LogP contribution in [0.1, 0.15) is 16.1 Å². The van der Waals surface area contributed by atoms with Crippen molar-refractivity contribution < 1.29 is 9.53 Å². The van der Waals surface area contributed by atoms with Crippen LogP contribution in [0.5, 0.6) is 5.75 Å². The summed E-state index contributed by atoms with van der Waals surface area (Å²) in [6, 6.07) is 7.90. The highest BCUT2D eigenvalue weighted by molar-refractivity contribution is 5.97. The molecule has 1 unspecified atom stereocenters. The molecule has 1 amide bonds. The summed E-state index contributed by atoms with van der Waals surface area (Å²) in [6.45, 7) is 0.443. The molecule has 104 valence electrons. The van der Waals surface area contributed by atoms with Crippen LogP contribution >= 0.6 is 0 Å². The topological polar surface area (TPSA) is 82.2 Å². The number of nitrogens with one attached hydrogen (secondary N) is 1. The van der Waals surface area contributed by atoms with Crippen LogP contribution in [0.4, 0.5) is 5.69 Å². The number of benzene rings is 1. The fourth-order valence-corrected chi connectivity index (χ4v) is 2.39. The maximum Gasteiger partial charge on any atom is 0.271 e. The number of ether oxygens (including phenoxy) is 1. The van der Waals surface area contributed by atoms with Crippen LogP contribution in [-0.4, -0.2) is 28.3 Å². The molecule has 0 radical (unpaired) electrons. The first-order valence-electron chi connectivity index (χ1n) is 6.45. The van der Waals surface area contributed by atoms with E-state index in [1.165, 1.54) is 16.4 Å². The minimum absolute atomic E-state index is 0.0363. The lowest BCUT2D eigenvalue weighted by molar-refractivity contribution is 0.0925. The number of nitrogens with two attached hydrogens (primary N) is 1. The fraction of sp³-hybridized carbons (Fsp3) is 0.286. The van der Waals surface area contributed by atoms with Gasteiger partial charge in [-0.05, 0) is 11.6 Å². The summed E-state index contributed by atoms with van der Waals surface area (Å²) in [5.74, 6) is 0.661. The molecule has 2 aromatic rings. The molecule has 1 aromatic heterocycles. The molecular formula is C14H16N4O2. The van der Waals surface area contributed by atoms with Gasteiger partial charge in [-0.3, -0.25) is 9.48 Å². The smallest absolute Gasteiger partial charge is 0.271 e. The van der Waals surface area contributed by atoms with E-state index in [9.17, 15) is 4.79 Å². The molecular weight excluding hydrogens is 256 g/mol. The molecule has 1 aliphatic heterocycles. The number of aromatic nitrogens is 2. The van der Waals surface area contributed by atoms with Crippen molar-refractivity contribution in [2.45, 2.75) is 12.5 Å². The number of aryl methyl sites for hydroxylation is 1. The summed E-state index contributed by atoms with van der Waals surface area (Å²) >= 11 is 0. The lowest BCUT2D eigenvalue weighted by Gasteiger charge is -2.12. The molecule has 1 atom stereocenters. The number of para-hydroxylation sites is 1. The monoisotopic (exact) mass is 272 g/mol. The minimum atomic E-state index is -0.234. The van der Waals surface area contributed by atoms with Gasteiger partial charge >= 0.3 is 0 Å². The van der Waals surface area contributed by atoms with Crippen molar-refractivity contribution in [2.24, 2.45) is 7.05 Å². The van der Waals surface area contributed by atoms with Gasteiger partial charge in [0.1, 0.15) is 17.5 Å². The van der Waals surface area contributed by atoms with Gasteiger partial charge in [0.05, 0.1) is 18.4 Å². The summed E-state index contributed by atoms with van der Waals surface area (Å²) in [5.41, 5.74) is 7.64. The number of nitrogen functional groups attached to an aromatic ring is 1. The number of carbonyl (C=O) groups is 1. The number of amides is 1. The summed E-state index contributed by atoms with van der Waals surface area (Å²) < 4.78 is 7.23. The van der Waals surface area contributed by atoms with Gasteiger partial charge in [0.15, 0.2) is 0 Å². The Morgan fingerprint density at radius 1 is 1.55 bits per heavy atom. The molecule has 2 heterocycles. The third-order valence-corrected chi connectivity index (χ3v) is 3.39. The van der Waals surface area contributed by atoms with Crippen molar-refractivity contribution in [3.05, 3.63) is 41.7 Å². The van der Waals surface area contributed by atoms with E-state index in [0.717, 1.165) is 12.2 Å². The number of hydrogen-bond acceptors (Lipinski definition) is 4. The summed E-state index contributed by atoms with van der Waals surface area (Å²) in [6.07, 6.45) is 2.24. The van der Waals surface area contributed by atoms with E-state index < -0.39 is 0 Å². The molecule has 6 heteroatoms. The van der Waals surface area contributed by atoms with E-state index in [0.29, 0.717) is 17.9 Å². The normalized spacial score (nSPS) is 16.6. The first kappa shape index (κ1) is 12.5. The van der Waals surface area contributed by atoms with Gasteiger partial charge in [-0.2, -0.15) is 5.10 Å². The Labute approximate surface area is 116 Å². The van der Waals surface area contributed by atoms with Crippen molar-refractivity contribution >= 4 is 11.6 Å². The Kier molecular flexibility index (Phi) is 3.06. The van der Waals surface area contributed by atoms with Crippen molar-refractivity contribution in [1.82, 2.24) is 15.1 Å². The summed E-state index contributed by atoms with van der Waals surface area (Å²) in [5, 5.41) is 6.79. The maximum absolute atomic E-state index is 12.1. The van der Waals surface area contributed by atoms with Gasteiger partial charge in [0, 0.05) is 13.5 Å². The van der Waals surface area contributed by atoms with E-state index in [1.54, 1.807) is 7.05 Å². The van der Waals surface area contributed by atoms with Gasteiger partial charge in [-0.15, -0.1) is 0 Å². The van der Waals surface area contributed by atoms with Gasteiger partial charge in [0.2, 0.25) is 0 Å². The van der Waals surface area contributed by atoms with Gasteiger partial charge in [-0.25, -0.2) is 0 Å². The van der Waals surface area contributed by atoms with Crippen LogP contribution < -0.4 is 15.8 Å². The molecule has 0 spiro atoms. The molecule has 1 aromatic carbocycles. The molecule has 0 fully saturated rings. The highest BCUT2D eigenvalue weighted by Crippen LogP contribution is 2.27. The predicted octanol–water partition coefficient (Wildman–Crippen LogP) is 0.736. The fourth-order valence-electron chi connectivity index (χ4n) is 2.39. The van der Waals surface area contributed by atoms with E-state index >= 15 is 0 Å². The van der Waals surface area contributed by atoms with Crippen molar-refractivity contribution in [1.29, 1.82) is 0 Å². The lowest BCUT2D eigenvalue weighted by atomic mass is 10.1. The third kappa shape index (κ3) is 2.20. The van der Waals surface area contributed by atoms with Crippen molar-refractivity contribution in [3.8, 4) is 5.75 Å². The summed E-state index contributed by atoms with van der Waals surface area (Å²) in [4.78, 5) is 12.1. The van der Waals surface area contributed by atoms with E-state index in [2.05, 4.69) is 10.4 Å². The zero-order valence-electron chi connectivity index (χ0n) is 11.2. The van der Waals surface area contributed by atoms with Crippen molar-refractivity contribution in [2.75, 3.05) is 12.3 Å². The largest absolute Gasteiger partial charge is 0.488 e. The zero-order valence-corrected chi connectivity index (χ0v) is 11.2. The molecule has 1 aliphatic rings. The predicted molar refractivity (Wildman–Crippen MR) is 74.5 cm³/mol. The zero-order chi connectivity index (χ0) is 14.1. The van der Waals surface area contributed by atoms with E-state index in [-0.39, 0.29) is 12.0 Å². The van der Waals surface area contributed by atoms with Gasteiger partial charge in [0.25, 0.3) is 5.91 Å². The molecule has 20 heavy (non-hydrogen) atoms. The molecule has 3 rings (SSSR count). The van der Waals surface area contributed by atoms with E-state index in [1.807, 2.05) is 24.3 Å². The number of nitrogens with zero attached hydrogens (tertiary/aromatic N) is 2. The molecule has 0 aliphatic carbocycles. The number of rotatable bonds is 3. The van der Waals surface area contributed by atoms with Crippen LogP contribution in [-0.2, 0) is 13.5 Å². The molecule has 6 nitrogen and oxygen atoms in total. The van der Waals surface area contributed by atoms with Crippen LogP contribution in [0.3, 0.4) is 0 Å². The standard InChI is InChI=1S/C14H16N4O2/c1-18-13(11(15)8-17-18)14(19)16-7-10-6-9-4-2-3-5-12(9)20-10/h2-5,8,10H,6-7,15H2,1H3,(H,16,19). The highest BCUT2D eigenvalue weighted by atomic mass is 16.5. The van der Waals surface area contributed by atoms with Crippen LogP contribution in [0.2, 0.25) is 0 Å². The second-order valence-corrected chi connectivity index (χ2v) is 4.83. The quantitative estimate of drug-likeness (QED) is 0.863. The SMILES string of the molecule is Cn1ncc(N)c1C(=O)NCC1Cc2ccccc2O1. The molecule has 3 N–H and O–H groups in total. The van der Waals surface area contributed by atoms with Crippen LogP contribution in [0, 0.1) is 0 Å². The number of carbonyl (C=O) groups excluding carboxylic acids is 1. The Balaban J connectivity index is 1.61. The number of hydrogen-bond donors (Lipinski definition) is 2. The number of fused-ring (bicyclic) bond motifs is 1. The Hall–Kier alpha value is -2.50. The lowest BCUT2D eigenvalue weighted by Crippen LogP contribution is -2.35. The molecule has 0 bridgehead atoms. The first-order chi connectivity index (χ1) is 9.65. The second-order valence-electron chi connectivity index (χ2n) is 4.83. The second kappa shape index (κ2) is 4.88. The minimum Gasteiger partial charge on any atom is -0.488 e. The first-order valence-corrected chi connectivity index (χ1v) is 6.45. The average molecular weight is 272 g/mol. The maximum atomic E-state index is 12.1. The Morgan fingerprint density at radius 3 is 3.05 bits per heavy atom. The molecule has 0 saturated heterocycles. The van der Waals surface area contributed by atoms with Crippen LogP contribution in [0.15, 0.2) is 30.5 Å². The van der Waals surface area contributed by atoms with E-state index in [4.69, 9.17) is 10.5 Å². The number of anilines is 1. The van der Waals surface area contributed by atoms with Gasteiger partial charge in [-0.1, -0.05) is 18.2 Å².